The molecule has 2 rings (SSSR count). The Kier molecular flexibility index (Phi) is 6.69. The summed E-state index contributed by atoms with van der Waals surface area (Å²) in [7, 11) is 2.73. The van der Waals surface area contributed by atoms with Gasteiger partial charge in [0, 0.05) is 23.7 Å². The number of benzene rings is 2. The van der Waals surface area contributed by atoms with Crippen molar-refractivity contribution in [2.24, 2.45) is 5.10 Å². The average Bonchev–Trinajstić information content (AvgIpc) is 2.67. The van der Waals surface area contributed by atoms with Gasteiger partial charge in [0.15, 0.2) is 11.5 Å². The van der Waals surface area contributed by atoms with E-state index in [1.807, 2.05) is 0 Å². The molecular formula is C19H19N3O6. The molecule has 0 spiro atoms. The molecule has 0 aliphatic carbocycles. The number of carbonyl (C=O) groups excluding carboxylic acids is 2. The highest BCUT2D eigenvalue weighted by atomic mass is 16.5. The summed E-state index contributed by atoms with van der Waals surface area (Å²) in [6.45, 7) is 1.38. The van der Waals surface area contributed by atoms with E-state index in [9.17, 15) is 19.5 Å². The van der Waals surface area contributed by atoms with Gasteiger partial charge in [0.1, 0.15) is 5.56 Å². The van der Waals surface area contributed by atoms with Gasteiger partial charge < -0.3 is 19.9 Å². The molecule has 0 fully saturated rings. The second-order valence-corrected chi connectivity index (χ2v) is 5.53. The lowest BCUT2D eigenvalue weighted by molar-refractivity contribution is -0.114. The Morgan fingerprint density at radius 1 is 1.04 bits per heavy atom. The van der Waals surface area contributed by atoms with E-state index in [1.165, 1.54) is 51.6 Å². The van der Waals surface area contributed by atoms with Crippen LogP contribution in [0.5, 0.6) is 11.5 Å². The number of methoxy groups -OCH3 is 2. The number of ether oxygens (including phenoxy) is 2. The van der Waals surface area contributed by atoms with Crippen LogP contribution in [-0.2, 0) is 4.79 Å². The van der Waals surface area contributed by atoms with E-state index >= 15 is 0 Å². The quantitative estimate of drug-likeness (QED) is 0.495. The largest absolute Gasteiger partial charge is 0.493 e. The normalized spacial score (nSPS) is 10.4. The van der Waals surface area contributed by atoms with Crippen molar-refractivity contribution in [2.75, 3.05) is 19.5 Å². The van der Waals surface area contributed by atoms with Crippen molar-refractivity contribution in [1.82, 2.24) is 5.43 Å². The molecule has 2 aromatic rings. The predicted molar refractivity (Wildman–Crippen MR) is 102 cm³/mol. The summed E-state index contributed by atoms with van der Waals surface area (Å²) in [4.78, 5) is 34.7. The maximum Gasteiger partial charge on any atom is 0.340 e. The molecule has 2 aromatic carbocycles. The van der Waals surface area contributed by atoms with Crippen molar-refractivity contribution in [1.29, 1.82) is 0 Å². The topological polar surface area (TPSA) is 126 Å². The average molecular weight is 385 g/mol. The Morgan fingerprint density at radius 2 is 1.71 bits per heavy atom. The molecule has 9 nitrogen and oxygen atoms in total. The van der Waals surface area contributed by atoms with Gasteiger partial charge in [-0.05, 0) is 36.4 Å². The smallest absolute Gasteiger partial charge is 0.340 e. The number of carbonyl (C=O) groups is 3. The minimum atomic E-state index is -1.22. The Balaban J connectivity index is 2.17. The van der Waals surface area contributed by atoms with E-state index < -0.39 is 11.9 Å². The van der Waals surface area contributed by atoms with Gasteiger partial charge in [-0.1, -0.05) is 0 Å². The molecule has 28 heavy (non-hydrogen) atoms. The number of hydrazone groups is 1. The van der Waals surface area contributed by atoms with Crippen LogP contribution in [0.4, 0.5) is 5.69 Å². The Hall–Kier alpha value is -3.88. The molecule has 0 atom stereocenters. The predicted octanol–water partition coefficient (Wildman–Crippen LogP) is 2.12. The SMILES string of the molecule is COc1ccc(/C=N\NC(=O)c2ccc(NC(C)=O)cc2)c(C(=O)O)c1OC. The molecule has 0 unspecified atom stereocenters. The molecule has 0 aliphatic rings. The first kappa shape index (κ1) is 20.4. The first-order chi connectivity index (χ1) is 13.4. The number of nitrogens with one attached hydrogen (secondary N) is 2. The van der Waals surface area contributed by atoms with Crippen LogP contribution in [0.15, 0.2) is 41.5 Å². The number of carboxylic acids is 1. The highest BCUT2D eigenvalue weighted by Gasteiger charge is 2.20. The van der Waals surface area contributed by atoms with E-state index in [2.05, 4.69) is 15.8 Å². The van der Waals surface area contributed by atoms with E-state index in [1.54, 1.807) is 12.1 Å². The van der Waals surface area contributed by atoms with Crippen molar-refractivity contribution in [3.8, 4) is 11.5 Å². The summed E-state index contributed by atoms with van der Waals surface area (Å²) in [5.41, 5.74) is 3.28. The number of hydrogen-bond acceptors (Lipinski definition) is 6. The first-order valence-electron chi connectivity index (χ1n) is 8.06. The molecule has 0 heterocycles. The zero-order chi connectivity index (χ0) is 20.7. The van der Waals surface area contributed by atoms with Gasteiger partial charge in [0.05, 0.1) is 20.4 Å². The lowest BCUT2D eigenvalue weighted by Crippen LogP contribution is -2.18. The number of amides is 2. The fraction of sp³-hybridized carbons (Fsp3) is 0.158. The second-order valence-electron chi connectivity index (χ2n) is 5.53. The van der Waals surface area contributed by atoms with Crippen LogP contribution in [0.3, 0.4) is 0 Å². The number of aromatic carboxylic acids is 1. The zero-order valence-electron chi connectivity index (χ0n) is 15.5. The van der Waals surface area contributed by atoms with Crippen molar-refractivity contribution in [3.05, 3.63) is 53.1 Å². The molecule has 0 saturated heterocycles. The van der Waals surface area contributed by atoms with Crippen LogP contribution in [-0.4, -0.2) is 43.3 Å². The second kappa shape index (κ2) is 9.17. The fourth-order valence-electron chi connectivity index (χ4n) is 2.40. The van der Waals surface area contributed by atoms with Crippen molar-refractivity contribution in [2.45, 2.75) is 6.92 Å². The van der Waals surface area contributed by atoms with Gasteiger partial charge in [0.2, 0.25) is 5.91 Å². The molecule has 9 heteroatoms. The third-order valence-corrected chi connectivity index (χ3v) is 3.63. The monoisotopic (exact) mass is 385 g/mol. The van der Waals surface area contributed by atoms with Gasteiger partial charge in [-0.15, -0.1) is 0 Å². The van der Waals surface area contributed by atoms with Gasteiger partial charge in [-0.3, -0.25) is 9.59 Å². The maximum absolute atomic E-state index is 12.1. The first-order valence-corrected chi connectivity index (χ1v) is 8.06. The van der Waals surface area contributed by atoms with Gasteiger partial charge in [-0.25, -0.2) is 10.2 Å². The summed E-state index contributed by atoms with van der Waals surface area (Å²) in [5, 5.41) is 15.9. The number of carboxylic acid groups (broad SMARTS) is 1. The minimum Gasteiger partial charge on any atom is -0.493 e. The Morgan fingerprint density at radius 3 is 2.25 bits per heavy atom. The minimum absolute atomic E-state index is 0.0545. The molecule has 146 valence electrons. The maximum atomic E-state index is 12.1. The van der Waals surface area contributed by atoms with E-state index in [-0.39, 0.29) is 28.5 Å². The lowest BCUT2D eigenvalue weighted by atomic mass is 10.1. The van der Waals surface area contributed by atoms with Gasteiger partial charge >= 0.3 is 5.97 Å². The third kappa shape index (κ3) is 4.85. The van der Waals surface area contributed by atoms with Crippen LogP contribution in [0.25, 0.3) is 0 Å². The van der Waals surface area contributed by atoms with Crippen LogP contribution in [0, 0.1) is 0 Å². The molecule has 0 radical (unpaired) electrons. The fourth-order valence-corrected chi connectivity index (χ4v) is 2.40. The number of anilines is 1. The molecule has 3 N–H and O–H groups in total. The summed E-state index contributed by atoms with van der Waals surface area (Å²) >= 11 is 0. The lowest BCUT2D eigenvalue weighted by Gasteiger charge is -2.12. The number of nitrogens with zero attached hydrogens (tertiary/aromatic N) is 1. The third-order valence-electron chi connectivity index (χ3n) is 3.63. The van der Waals surface area contributed by atoms with Crippen LogP contribution < -0.4 is 20.2 Å². The molecule has 0 saturated carbocycles. The summed E-state index contributed by atoms with van der Waals surface area (Å²) in [6.07, 6.45) is 1.20. The standard InChI is InChI=1S/C19H19N3O6/c1-11(23)21-14-7-4-12(5-8-14)18(24)22-20-10-13-6-9-15(27-2)17(28-3)16(13)19(25)26/h4-10H,1-3H3,(H,21,23)(H,22,24)(H,25,26)/b20-10-. The van der Waals surface area contributed by atoms with Crippen molar-refractivity contribution in [3.63, 3.8) is 0 Å². The van der Waals surface area contributed by atoms with Crippen LogP contribution in [0.1, 0.15) is 33.2 Å². The summed E-state index contributed by atoms with van der Waals surface area (Å²) in [5.74, 6) is -1.62. The Bertz CT molecular complexity index is 922. The highest BCUT2D eigenvalue weighted by Crippen LogP contribution is 2.32. The molecule has 0 aromatic heterocycles. The summed E-state index contributed by atoms with van der Waals surface area (Å²) < 4.78 is 10.2. The Labute approximate surface area is 161 Å². The van der Waals surface area contributed by atoms with Crippen LogP contribution >= 0.6 is 0 Å². The molecule has 2 amide bonds. The van der Waals surface area contributed by atoms with E-state index in [4.69, 9.17) is 9.47 Å². The molecule has 0 aliphatic heterocycles. The molecule has 0 bridgehead atoms. The zero-order valence-corrected chi connectivity index (χ0v) is 15.5. The number of rotatable bonds is 7. The molecular weight excluding hydrogens is 366 g/mol. The van der Waals surface area contributed by atoms with E-state index in [0.29, 0.717) is 11.3 Å². The van der Waals surface area contributed by atoms with Crippen molar-refractivity contribution >= 4 is 29.7 Å². The van der Waals surface area contributed by atoms with Gasteiger partial charge in [-0.2, -0.15) is 5.10 Å². The van der Waals surface area contributed by atoms with Gasteiger partial charge in [0.25, 0.3) is 5.91 Å². The summed E-state index contributed by atoms with van der Waals surface area (Å²) in [6, 6.07) is 9.23. The number of hydrogen-bond donors (Lipinski definition) is 3. The van der Waals surface area contributed by atoms with Crippen LogP contribution in [0.2, 0.25) is 0 Å². The van der Waals surface area contributed by atoms with Crippen molar-refractivity contribution < 1.29 is 29.0 Å². The highest BCUT2D eigenvalue weighted by molar-refractivity contribution is 6.02. The van der Waals surface area contributed by atoms with E-state index in [0.717, 1.165) is 0 Å².